The Morgan fingerprint density at radius 1 is 1.16 bits per heavy atom. The van der Waals surface area contributed by atoms with Crippen molar-refractivity contribution in [1.29, 1.82) is 0 Å². The van der Waals surface area contributed by atoms with Crippen molar-refractivity contribution in [3.05, 3.63) is 68.9 Å². The first-order valence-electron chi connectivity index (χ1n) is 8.86. The Balaban J connectivity index is 1.79. The predicted octanol–water partition coefficient (Wildman–Crippen LogP) is 5.39. The summed E-state index contributed by atoms with van der Waals surface area (Å²) in [6.07, 6.45) is 2.51. The number of hydrogen-bond donors (Lipinski definition) is 0. The van der Waals surface area contributed by atoms with E-state index in [9.17, 15) is 4.39 Å². The van der Waals surface area contributed by atoms with Crippen LogP contribution in [0.15, 0.2) is 40.9 Å². The molecule has 134 valence electrons. The lowest BCUT2D eigenvalue weighted by molar-refractivity contribution is 0.0677. The van der Waals surface area contributed by atoms with Gasteiger partial charge in [0.1, 0.15) is 5.82 Å². The molecular weight excluding hydrogens is 381 g/mol. The zero-order valence-corrected chi connectivity index (χ0v) is 16.5. The zero-order chi connectivity index (χ0) is 17.8. The molecule has 1 atom stereocenters. The molecule has 3 rings (SSSR count). The van der Waals surface area contributed by atoms with Crippen molar-refractivity contribution in [3.8, 4) is 0 Å². The molecule has 2 aromatic carbocycles. The van der Waals surface area contributed by atoms with E-state index in [0.29, 0.717) is 0 Å². The van der Waals surface area contributed by atoms with Gasteiger partial charge >= 0.3 is 0 Å². The third-order valence-electron chi connectivity index (χ3n) is 4.86. The molecule has 25 heavy (non-hydrogen) atoms. The lowest BCUT2D eigenvalue weighted by atomic mass is 10.1. The summed E-state index contributed by atoms with van der Waals surface area (Å²) in [5, 5.41) is 0. The Hall–Kier alpha value is -1.23. The van der Waals surface area contributed by atoms with E-state index in [1.165, 1.54) is 17.2 Å². The maximum absolute atomic E-state index is 13.9. The smallest absolute Gasteiger partial charge is 0.126 e. The molecule has 1 heterocycles. The summed E-state index contributed by atoms with van der Waals surface area (Å²) in [7, 11) is 0. The van der Waals surface area contributed by atoms with Crippen molar-refractivity contribution in [2.45, 2.75) is 45.9 Å². The van der Waals surface area contributed by atoms with E-state index in [0.717, 1.165) is 54.7 Å². The van der Waals surface area contributed by atoms with Gasteiger partial charge in [0.25, 0.3) is 0 Å². The Bertz CT molecular complexity index is 728. The van der Waals surface area contributed by atoms with Gasteiger partial charge in [-0.05, 0) is 61.1 Å². The van der Waals surface area contributed by atoms with Gasteiger partial charge in [-0.2, -0.15) is 0 Å². The number of nitrogens with zero attached hydrogens (tertiary/aromatic N) is 1. The lowest BCUT2D eigenvalue weighted by Gasteiger charge is -2.26. The molecule has 0 aromatic heterocycles. The third kappa shape index (κ3) is 4.90. The number of hydrogen-bond acceptors (Lipinski definition) is 2. The van der Waals surface area contributed by atoms with E-state index in [-0.39, 0.29) is 11.9 Å². The molecule has 2 nitrogen and oxygen atoms in total. The minimum absolute atomic E-state index is 0.133. The van der Waals surface area contributed by atoms with Crippen molar-refractivity contribution in [2.24, 2.45) is 0 Å². The van der Waals surface area contributed by atoms with Gasteiger partial charge in [0.15, 0.2) is 0 Å². The van der Waals surface area contributed by atoms with E-state index in [1.807, 2.05) is 13.0 Å². The van der Waals surface area contributed by atoms with Crippen LogP contribution in [0.2, 0.25) is 0 Å². The Morgan fingerprint density at radius 2 is 1.96 bits per heavy atom. The molecule has 0 N–H and O–H groups in total. The summed E-state index contributed by atoms with van der Waals surface area (Å²) in [5.74, 6) is -0.133. The zero-order valence-electron chi connectivity index (χ0n) is 14.9. The second kappa shape index (κ2) is 8.43. The van der Waals surface area contributed by atoms with Gasteiger partial charge in [-0.25, -0.2) is 4.39 Å². The first kappa shape index (κ1) is 18.6. The molecule has 4 heteroatoms. The van der Waals surface area contributed by atoms with Gasteiger partial charge in [-0.15, -0.1) is 0 Å². The maximum atomic E-state index is 13.9. The van der Waals surface area contributed by atoms with E-state index < -0.39 is 0 Å². The summed E-state index contributed by atoms with van der Waals surface area (Å²) in [6.45, 7) is 7.22. The van der Waals surface area contributed by atoms with Crippen LogP contribution in [0.4, 0.5) is 4.39 Å². The Morgan fingerprint density at radius 3 is 2.68 bits per heavy atom. The number of benzene rings is 2. The first-order valence-corrected chi connectivity index (χ1v) is 9.65. The summed E-state index contributed by atoms with van der Waals surface area (Å²) in [4.78, 5) is 2.37. The lowest BCUT2D eigenvalue weighted by Crippen LogP contribution is -2.32. The normalized spacial score (nSPS) is 17.4. The van der Waals surface area contributed by atoms with Crippen molar-refractivity contribution in [3.63, 3.8) is 0 Å². The van der Waals surface area contributed by atoms with Crippen LogP contribution in [0.5, 0.6) is 0 Å². The molecule has 2 aromatic rings. The van der Waals surface area contributed by atoms with Crippen LogP contribution in [0, 0.1) is 19.7 Å². The Kier molecular flexibility index (Phi) is 6.26. The minimum Gasteiger partial charge on any atom is -0.377 e. The maximum Gasteiger partial charge on any atom is 0.126 e. The highest BCUT2D eigenvalue weighted by atomic mass is 79.9. The summed E-state index contributed by atoms with van der Waals surface area (Å²) >= 11 is 3.68. The topological polar surface area (TPSA) is 12.5 Å². The molecule has 1 aliphatic heterocycles. The van der Waals surface area contributed by atoms with Gasteiger partial charge in [0, 0.05) is 30.7 Å². The van der Waals surface area contributed by atoms with Gasteiger partial charge in [0.05, 0.1) is 6.10 Å². The van der Waals surface area contributed by atoms with Gasteiger partial charge in [-0.3, -0.25) is 4.90 Å². The standard InChI is InChI=1S/C21H25BrFNO/c1-15-8-9-18(20(22)11-15)13-24(14-19-6-4-10-25-19)12-17-5-3-7-21(23)16(17)2/h3,5,7-9,11,19H,4,6,10,12-14H2,1-2H3. The van der Waals surface area contributed by atoms with E-state index in [2.05, 4.69) is 46.0 Å². The second-order valence-corrected chi connectivity index (χ2v) is 7.78. The van der Waals surface area contributed by atoms with Crippen molar-refractivity contribution >= 4 is 15.9 Å². The molecule has 0 bridgehead atoms. The van der Waals surface area contributed by atoms with E-state index in [1.54, 1.807) is 6.07 Å². The van der Waals surface area contributed by atoms with Gasteiger partial charge in [-0.1, -0.05) is 40.2 Å². The second-order valence-electron chi connectivity index (χ2n) is 6.92. The van der Waals surface area contributed by atoms with Gasteiger partial charge < -0.3 is 4.74 Å². The monoisotopic (exact) mass is 405 g/mol. The van der Waals surface area contributed by atoms with Crippen LogP contribution >= 0.6 is 15.9 Å². The quantitative estimate of drug-likeness (QED) is 0.638. The number of rotatable bonds is 6. The number of halogens is 2. The average Bonchev–Trinajstić information content (AvgIpc) is 3.07. The number of aryl methyl sites for hydroxylation is 1. The largest absolute Gasteiger partial charge is 0.377 e. The summed E-state index contributed by atoms with van der Waals surface area (Å²) in [5.41, 5.74) is 4.27. The van der Waals surface area contributed by atoms with Crippen LogP contribution in [-0.2, 0) is 17.8 Å². The molecule has 0 radical (unpaired) electrons. The van der Waals surface area contributed by atoms with Crippen molar-refractivity contribution in [1.82, 2.24) is 4.90 Å². The van der Waals surface area contributed by atoms with Crippen molar-refractivity contribution in [2.75, 3.05) is 13.2 Å². The minimum atomic E-state index is -0.133. The van der Waals surface area contributed by atoms with E-state index >= 15 is 0 Å². The predicted molar refractivity (Wildman–Crippen MR) is 103 cm³/mol. The molecule has 1 aliphatic rings. The highest BCUT2D eigenvalue weighted by molar-refractivity contribution is 9.10. The molecule has 1 unspecified atom stereocenters. The SMILES string of the molecule is Cc1ccc(CN(Cc2cccc(F)c2C)CC2CCCO2)c(Br)c1. The fourth-order valence-corrected chi connectivity index (χ4v) is 3.97. The fraction of sp³-hybridized carbons (Fsp3) is 0.429. The van der Waals surface area contributed by atoms with Crippen LogP contribution in [0.25, 0.3) is 0 Å². The summed E-state index contributed by atoms with van der Waals surface area (Å²) in [6, 6.07) is 11.8. The highest BCUT2D eigenvalue weighted by Crippen LogP contribution is 2.24. The third-order valence-corrected chi connectivity index (χ3v) is 5.60. The highest BCUT2D eigenvalue weighted by Gasteiger charge is 2.21. The fourth-order valence-electron chi connectivity index (χ4n) is 3.35. The molecule has 1 saturated heterocycles. The van der Waals surface area contributed by atoms with Crippen LogP contribution in [0.1, 0.15) is 35.1 Å². The van der Waals surface area contributed by atoms with E-state index in [4.69, 9.17) is 4.74 Å². The summed E-state index contributed by atoms with van der Waals surface area (Å²) < 4.78 is 20.9. The van der Waals surface area contributed by atoms with Crippen LogP contribution < -0.4 is 0 Å². The van der Waals surface area contributed by atoms with Crippen LogP contribution in [0.3, 0.4) is 0 Å². The average molecular weight is 406 g/mol. The molecule has 0 aliphatic carbocycles. The van der Waals surface area contributed by atoms with Crippen molar-refractivity contribution < 1.29 is 9.13 Å². The molecule has 0 saturated carbocycles. The van der Waals surface area contributed by atoms with Crippen LogP contribution in [-0.4, -0.2) is 24.2 Å². The molecular formula is C21H25BrFNO. The van der Waals surface area contributed by atoms with Gasteiger partial charge in [0.2, 0.25) is 0 Å². The number of ether oxygens (including phenoxy) is 1. The Labute approximate surface area is 158 Å². The first-order chi connectivity index (χ1) is 12.0. The molecule has 0 spiro atoms. The molecule has 0 amide bonds. The molecule has 1 fully saturated rings.